The number of nitrogens with one attached hydrogen (secondary N) is 1. The summed E-state index contributed by atoms with van der Waals surface area (Å²) in [6.07, 6.45) is 1.72. The fraction of sp³-hybridized carbons (Fsp3) is 0.417. The van der Waals surface area contributed by atoms with Crippen molar-refractivity contribution in [2.45, 2.75) is 20.4 Å². The molecule has 0 unspecified atom stereocenters. The van der Waals surface area contributed by atoms with E-state index in [1.165, 1.54) is 0 Å². The van der Waals surface area contributed by atoms with Crippen LogP contribution < -0.4 is 15.8 Å². The molecule has 0 saturated carbocycles. The quantitative estimate of drug-likeness (QED) is 0.838. The molecule has 7 nitrogen and oxygen atoms in total. The van der Waals surface area contributed by atoms with Crippen molar-refractivity contribution in [1.82, 2.24) is 19.7 Å². The van der Waals surface area contributed by atoms with E-state index < -0.39 is 0 Å². The van der Waals surface area contributed by atoms with E-state index in [0.717, 1.165) is 11.3 Å². The van der Waals surface area contributed by atoms with E-state index in [1.807, 2.05) is 13.8 Å². The average Bonchev–Trinajstić information content (AvgIpc) is 2.67. The molecule has 2 aromatic rings. The van der Waals surface area contributed by atoms with Crippen LogP contribution in [0.2, 0.25) is 0 Å². The van der Waals surface area contributed by atoms with Gasteiger partial charge in [-0.2, -0.15) is 10.1 Å². The Labute approximate surface area is 111 Å². The Morgan fingerprint density at radius 1 is 1.42 bits per heavy atom. The van der Waals surface area contributed by atoms with Crippen LogP contribution in [0.1, 0.15) is 18.2 Å². The minimum Gasteiger partial charge on any atom is -0.478 e. The van der Waals surface area contributed by atoms with Gasteiger partial charge < -0.3 is 15.8 Å². The number of nitrogens with two attached hydrogens (primary N) is 1. The molecule has 0 fully saturated rings. The summed E-state index contributed by atoms with van der Waals surface area (Å²) < 4.78 is 7.00. The maximum Gasteiger partial charge on any atom is 0.226 e. The maximum absolute atomic E-state index is 5.87. The molecule has 0 spiro atoms. The van der Waals surface area contributed by atoms with Crippen LogP contribution in [0.25, 0.3) is 0 Å². The number of ether oxygens (including phenoxy) is 1. The van der Waals surface area contributed by atoms with Gasteiger partial charge in [0.15, 0.2) is 0 Å². The third-order valence-electron chi connectivity index (χ3n) is 2.62. The molecule has 0 atom stereocenters. The van der Waals surface area contributed by atoms with E-state index in [2.05, 4.69) is 20.4 Å². The predicted molar refractivity (Wildman–Crippen MR) is 72.9 cm³/mol. The summed E-state index contributed by atoms with van der Waals surface area (Å²) in [5, 5.41) is 7.20. The van der Waals surface area contributed by atoms with Gasteiger partial charge in [0.05, 0.1) is 12.8 Å². The van der Waals surface area contributed by atoms with Crippen molar-refractivity contribution in [3.8, 4) is 5.88 Å². The van der Waals surface area contributed by atoms with E-state index in [0.29, 0.717) is 30.8 Å². The standard InChI is InChI=1S/C12H18N6O/c1-4-19-10-5-8(2)16-12(17-10)14-6-9-7-15-18(3)11(9)13/h5,7H,4,6,13H2,1-3H3,(H,14,16,17). The van der Waals surface area contributed by atoms with Gasteiger partial charge in [0.1, 0.15) is 5.82 Å². The van der Waals surface area contributed by atoms with Crippen molar-refractivity contribution in [2.75, 3.05) is 17.7 Å². The zero-order chi connectivity index (χ0) is 13.8. The molecule has 0 bridgehead atoms. The molecule has 2 rings (SSSR count). The molecule has 0 amide bonds. The van der Waals surface area contributed by atoms with Gasteiger partial charge >= 0.3 is 0 Å². The molecular weight excluding hydrogens is 244 g/mol. The first-order chi connectivity index (χ1) is 9.10. The first kappa shape index (κ1) is 13.1. The number of nitrogen functional groups attached to an aromatic ring is 1. The fourth-order valence-corrected chi connectivity index (χ4v) is 1.64. The molecule has 19 heavy (non-hydrogen) atoms. The molecule has 7 heteroatoms. The number of rotatable bonds is 5. The zero-order valence-electron chi connectivity index (χ0n) is 11.3. The molecule has 2 aromatic heterocycles. The van der Waals surface area contributed by atoms with E-state index in [-0.39, 0.29) is 0 Å². The molecular formula is C12H18N6O. The van der Waals surface area contributed by atoms with Crippen molar-refractivity contribution in [3.63, 3.8) is 0 Å². The number of hydrogen-bond donors (Lipinski definition) is 2. The van der Waals surface area contributed by atoms with Crippen molar-refractivity contribution in [1.29, 1.82) is 0 Å². The second kappa shape index (κ2) is 5.55. The van der Waals surface area contributed by atoms with E-state index in [9.17, 15) is 0 Å². The molecule has 0 aliphatic rings. The molecule has 0 aromatic carbocycles. The minimum absolute atomic E-state index is 0.520. The first-order valence-corrected chi connectivity index (χ1v) is 6.09. The van der Waals surface area contributed by atoms with Crippen molar-refractivity contribution < 1.29 is 4.74 Å². The summed E-state index contributed by atoms with van der Waals surface area (Å²) in [7, 11) is 1.80. The molecule has 0 saturated heterocycles. The minimum atomic E-state index is 0.520. The first-order valence-electron chi connectivity index (χ1n) is 6.09. The lowest BCUT2D eigenvalue weighted by Gasteiger charge is -2.08. The summed E-state index contributed by atoms with van der Waals surface area (Å²) >= 11 is 0. The Hall–Kier alpha value is -2.31. The molecule has 3 N–H and O–H groups in total. The Kier molecular flexibility index (Phi) is 3.84. The summed E-state index contributed by atoms with van der Waals surface area (Å²) in [6, 6.07) is 1.80. The van der Waals surface area contributed by atoms with Gasteiger partial charge in [-0.3, -0.25) is 4.68 Å². The van der Waals surface area contributed by atoms with Crippen LogP contribution in [-0.2, 0) is 13.6 Å². The van der Waals surface area contributed by atoms with Crippen LogP contribution in [0.15, 0.2) is 12.3 Å². The molecule has 0 aliphatic heterocycles. The predicted octanol–water partition coefficient (Wildman–Crippen LogP) is 1.11. The summed E-state index contributed by atoms with van der Waals surface area (Å²) in [5.41, 5.74) is 7.62. The largest absolute Gasteiger partial charge is 0.478 e. The molecule has 0 aliphatic carbocycles. The van der Waals surface area contributed by atoms with Crippen LogP contribution in [0.3, 0.4) is 0 Å². The van der Waals surface area contributed by atoms with Gasteiger partial charge in [-0.15, -0.1) is 0 Å². The summed E-state index contributed by atoms with van der Waals surface area (Å²) in [6.45, 7) is 4.91. The van der Waals surface area contributed by atoms with E-state index in [1.54, 1.807) is 24.0 Å². The fourth-order valence-electron chi connectivity index (χ4n) is 1.64. The number of aryl methyl sites for hydroxylation is 2. The third kappa shape index (κ3) is 3.12. The van der Waals surface area contributed by atoms with Crippen molar-refractivity contribution in [2.24, 2.45) is 7.05 Å². The Morgan fingerprint density at radius 2 is 2.21 bits per heavy atom. The SMILES string of the molecule is CCOc1cc(C)nc(NCc2cnn(C)c2N)n1. The molecule has 0 radical (unpaired) electrons. The van der Waals surface area contributed by atoms with Crippen LogP contribution in [0, 0.1) is 6.92 Å². The Balaban J connectivity index is 2.08. The lowest BCUT2D eigenvalue weighted by atomic mass is 10.3. The highest BCUT2D eigenvalue weighted by Crippen LogP contribution is 2.14. The van der Waals surface area contributed by atoms with Crippen LogP contribution in [-0.4, -0.2) is 26.4 Å². The maximum atomic E-state index is 5.87. The number of nitrogens with zero attached hydrogens (tertiary/aromatic N) is 4. The second-order valence-electron chi connectivity index (χ2n) is 4.14. The molecule has 2 heterocycles. The number of anilines is 2. The second-order valence-corrected chi connectivity index (χ2v) is 4.14. The van der Waals surface area contributed by atoms with Gasteiger partial charge in [-0.1, -0.05) is 0 Å². The van der Waals surface area contributed by atoms with Crippen molar-refractivity contribution in [3.05, 3.63) is 23.5 Å². The topological polar surface area (TPSA) is 90.9 Å². The van der Waals surface area contributed by atoms with Crippen LogP contribution in [0.5, 0.6) is 5.88 Å². The van der Waals surface area contributed by atoms with E-state index >= 15 is 0 Å². The van der Waals surface area contributed by atoms with Gasteiger partial charge in [0.2, 0.25) is 11.8 Å². The van der Waals surface area contributed by atoms with Crippen LogP contribution in [0.4, 0.5) is 11.8 Å². The summed E-state index contributed by atoms with van der Waals surface area (Å²) in [4.78, 5) is 8.56. The highest BCUT2D eigenvalue weighted by atomic mass is 16.5. The lowest BCUT2D eigenvalue weighted by Crippen LogP contribution is -2.07. The third-order valence-corrected chi connectivity index (χ3v) is 2.62. The Bertz CT molecular complexity index is 565. The highest BCUT2D eigenvalue weighted by Gasteiger charge is 2.06. The highest BCUT2D eigenvalue weighted by molar-refractivity contribution is 5.41. The zero-order valence-corrected chi connectivity index (χ0v) is 11.3. The average molecular weight is 262 g/mol. The van der Waals surface area contributed by atoms with Gasteiger partial charge in [-0.05, 0) is 13.8 Å². The van der Waals surface area contributed by atoms with Crippen molar-refractivity contribution >= 4 is 11.8 Å². The smallest absolute Gasteiger partial charge is 0.226 e. The van der Waals surface area contributed by atoms with Gasteiger partial charge in [0, 0.05) is 30.9 Å². The van der Waals surface area contributed by atoms with E-state index in [4.69, 9.17) is 10.5 Å². The lowest BCUT2D eigenvalue weighted by molar-refractivity contribution is 0.326. The Morgan fingerprint density at radius 3 is 2.84 bits per heavy atom. The van der Waals surface area contributed by atoms with Crippen LogP contribution >= 0.6 is 0 Å². The monoisotopic (exact) mass is 262 g/mol. The normalized spacial score (nSPS) is 10.5. The number of aromatic nitrogens is 4. The molecule has 102 valence electrons. The van der Waals surface area contributed by atoms with Gasteiger partial charge in [-0.25, -0.2) is 4.98 Å². The van der Waals surface area contributed by atoms with Gasteiger partial charge in [0.25, 0.3) is 0 Å². The summed E-state index contributed by atoms with van der Waals surface area (Å²) in [5.74, 6) is 1.72. The number of hydrogen-bond acceptors (Lipinski definition) is 6.